The molecule has 98 valence electrons. The van der Waals surface area contributed by atoms with Crippen LogP contribution in [0.4, 0.5) is 5.69 Å². The zero-order chi connectivity index (χ0) is 13.4. The topological polar surface area (TPSA) is 94.8 Å². The number of imidazole rings is 1. The molecule has 0 aliphatic carbocycles. The average molecular weight is 258 g/mol. The number of aliphatic hydroxyl groups excluding tert-OH is 1. The molecule has 2 heterocycles. The highest BCUT2D eigenvalue weighted by Crippen LogP contribution is 2.20. The summed E-state index contributed by atoms with van der Waals surface area (Å²) in [5, 5.41) is 17.3. The molecule has 7 heteroatoms. The number of rotatable bonds is 3. The highest BCUT2D eigenvalue weighted by Gasteiger charge is 2.12. The number of hydrogen-bond acceptors (Lipinski definition) is 5. The van der Waals surface area contributed by atoms with E-state index in [-0.39, 0.29) is 6.61 Å². The summed E-state index contributed by atoms with van der Waals surface area (Å²) in [6.07, 6.45) is 1.64. The molecule has 0 atom stereocenters. The van der Waals surface area contributed by atoms with Gasteiger partial charge in [0.25, 0.3) is 0 Å². The molecule has 3 N–H and O–H groups in total. The van der Waals surface area contributed by atoms with Gasteiger partial charge in [-0.15, -0.1) is 10.2 Å². The molecular weight excluding hydrogens is 244 g/mol. The van der Waals surface area contributed by atoms with Gasteiger partial charge in [0.05, 0.1) is 17.6 Å². The molecule has 0 unspecified atom stereocenters. The summed E-state index contributed by atoms with van der Waals surface area (Å²) in [5.74, 6) is 1.38. The first-order valence-corrected chi connectivity index (χ1v) is 5.87. The van der Waals surface area contributed by atoms with Gasteiger partial charge < -0.3 is 20.0 Å². The summed E-state index contributed by atoms with van der Waals surface area (Å²) in [5.41, 5.74) is 8.09. The van der Waals surface area contributed by atoms with Crippen molar-refractivity contribution in [3.8, 4) is 0 Å². The van der Waals surface area contributed by atoms with Crippen LogP contribution in [0.3, 0.4) is 0 Å². The Morgan fingerprint density at radius 2 is 2.16 bits per heavy atom. The van der Waals surface area contributed by atoms with Gasteiger partial charge in [-0.25, -0.2) is 4.98 Å². The molecule has 2 aromatic heterocycles. The van der Waals surface area contributed by atoms with E-state index >= 15 is 0 Å². The van der Waals surface area contributed by atoms with Gasteiger partial charge in [0.15, 0.2) is 5.82 Å². The fourth-order valence-corrected chi connectivity index (χ4v) is 2.09. The van der Waals surface area contributed by atoms with Crippen LogP contribution in [0.15, 0.2) is 24.5 Å². The Morgan fingerprint density at radius 1 is 1.32 bits per heavy atom. The van der Waals surface area contributed by atoms with Crippen LogP contribution in [0.1, 0.15) is 11.6 Å². The maximum Gasteiger partial charge on any atom is 0.152 e. The fourth-order valence-electron chi connectivity index (χ4n) is 2.09. The predicted molar refractivity (Wildman–Crippen MR) is 70.2 cm³/mol. The number of aliphatic hydroxyl groups is 1. The molecule has 0 bridgehead atoms. The van der Waals surface area contributed by atoms with Gasteiger partial charge in [0, 0.05) is 12.7 Å². The van der Waals surface area contributed by atoms with Crippen molar-refractivity contribution < 1.29 is 5.11 Å². The normalized spacial score (nSPS) is 11.3. The number of aryl methyl sites for hydroxylation is 1. The van der Waals surface area contributed by atoms with E-state index in [2.05, 4.69) is 15.2 Å². The van der Waals surface area contributed by atoms with E-state index in [9.17, 15) is 5.11 Å². The number of fused-ring (bicyclic) bond motifs is 1. The van der Waals surface area contributed by atoms with Crippen LogP contribution in [0.5, 0.6) is 0 Å². The second-order valence-electron chi connectivity index (χ2n) is 4.38. The van der Waals surface area contributed by atoms with Crippen LogP contribution in [0.25, 0.3) is 11.0 Å². The van der Waals surface area contributed by atoms with E-state index in [1.165, 1.54) is 0 Å². The third-order valence-corrected chi connectivity index (χ3v) is 3.10. The van der Waals surface area contributed by atoms with E-state index in [4.69, 9.17) is 5.73 Å². The maximum absolute atomic E-state index is 9.43. The quantitative estimate of drug-likeness (QED) is 0.658. The Morgan fingerprint density at radius 3 is 2.84 bits per heavy atom. The number of anilines is 1. The lowest BCUT2D eigenvalue weighted by Crippen LogP contribution is -2.09. The standard InChI is InChI=1S/C12H14N6O/c1-17-7-14-16-11(17)5-18-10-3-2-8(13)4-9(10)15-12(18)6-19/h2-4,7,19H,5-6,13H2,1H3. The third-order valence-electron chi connectivity index (χ3n) is 3.10. The van der Waals surface area contributed by atoms with Gasteiger partial charge in [-0.3, -0.25) is 0 Å². The minimum atomic E-state index is -0.133. The number of nitrogen functional groups attached to an aromatic ring is 1. The lowest BCUT2D eigenvalue weighted by Gasteiger charge is -2.07. The minimum Gasteiger partial charge on any atom is -0.399 e. The van der Waals surface area contributed by atoms with Gasteiger partial charge in [0.1, 0.15) is 18.8 Å². The number of nitrogens with two attached hydrogens (primary N) is 1. The van der Waals surface area contributed by atoms with E-state index in [0.29, 0.717) is 18.1 Å². The molecule has 0 radical (unpaired) electrons. The number of benzene rings is 1. The first-order valence-electron chi connectivity index (χ1n) is 5.87. The second-order valence-corrected chi connectivity index (χ2v) is 4.38. The van der Waals surface area contributed by atoms with Crippen LogP contribution < -0.4 is 5.73 Å². The van der Waals surface area contributed by atoms with Crippen LogP contribution in [-0.2, 0) is 20.2 Å². The summed E-state index contributed by atoms with van der Waals surface area (Å²) >= 11 is 0. The van der Waals surface area contributed by atoms with Crippen molar-refractivity contribution in [2.45, 2.75) is 13.2 Å². The molecule has 0 amide bonds. The smallest absolute Gasteiger partial charge is 0.152 e. The van der Waals surface area contributed by atoms with Crippen molar-refractivity contribution in [2.75, 3.05) is 5.73 Å². The van der Waals surface area contributed by atoms with Gasteiger partial charge in [0.2, 0.25) is 0 Å². The van der Waals surface area contributed by atoms with Crippen molar-refractivity contribution in [1.82, 2.24) is 24.3 Å². The van der Waals surface area contributed by atoms with Crippen LogP contribution in [0.2, 0.25) is 0 Å². The second kappa shape index (κ2) is 4.36. The summed E-state index contributed by atoms with van der Waals surface area (Å²) in [4.78, 5) is 4.38. The monoisotopic (exact) mass is 258 g/mol. The SMILES string of the molecule is Cn1cnnc1Cn1c(CO)nc2cc(N)ccc21. The van der Waals surface area contributed by atoms with E-state index in [1.54, 1.807) is 12.4 Å². The zero-order valence-corrected chi connectivity index (χ0v) is 10.5. The molecular formula is C12H14N6O. The summed E-state index contributed by atoms with van der Waals surface area (Å²) in [7, 11) is 1.88. The van der Waals surface area contributed by atoms with E-state index in [0.717, 1.165) is 16.9 Å². The number of aromatic nitrogens is 5. The maximum atomic E-state index is 9.43. The van der Waals surface area contributed by atoms with Gasteiger partial charge in [-0.1, -0.05) is 0 Å². The van der Waals surface area contributed by atoms with E-state index in [1.807, 2.05) is 28.3 Å². The van der Waals surface area contributed by atoms with Crippen molar-refractivity contribution >= 4 is 16.7 Å². The highest BCUT2D eigenvalue weighted by molar-refractivity contribution is 5.79. The average Bonchev–Trinajstić information content (AvgIpc) is 2.94. The van der Waals surface area contributed by atoms with E-state index < -0.39 is 0 Å². The molecule has 0 fully saturated rings. The predicted octanol–water partition coefficient (Wildman–Crippen LogP) is 0.288. The Labute approximate surface area is 109 Å². The summed E-state index contributed by atoms with van der Waals surface area (Å²) < 4.78 is 3.75. The van der Waals surface area contributed by atoms with Crippen molar-refractivity contribution in [2.24, 2.45) is 7.05 Å². The molecule has 0 saturated heterocycles. The molecule has 0 spiro atoms. The van der Waals surface area contributed by atoms with Crippen LogP contribution >= 0.6 is 0 Å². The zero-order valence-electron chi connectivity index (χ0n) is 10.5. The number of nitrogens with zero attached hydrogens (tertiary/aromatic N) is 5. The van der Waals surface area contributed by atoms with Crippen molar-refractivity contribution in [3.63, 3.8) is 0 Å². The summed E-state index contributed by atoms with van der Waals surface area (Å²) in [6, 6.07) is 5.51. The Kier molecular flexibility index (Phi) is 2.68. The molecule has 7 nitrogen and oxygen atoms in total. The van der Waals surface area contributed by atoms with Crippen LogP contribution in [0, 0.1) is 0 Å². The van der Waals surface area contributed by atoms with Crippen molar-refractivity contribution in [3.05, 3.63) is 36.2 Å². The van der Waals surface area contributed by atoms with Crippen molar-refractivity contribution in [1.29, 1.82) is 0 Å². The van der Waals surface area contributed by atoms with Gasteiger partial charge >= 0.3 is 0 Å². The molecule has 0 aliphatic rings. The Bertz CT molecular complexity index is 729. The minimum absolute atomic E-state index is 0.133. The highest BCUT2D eigenvalue weighted by atomic mass is 16.3. The first kappa shape index (κ1) is 11.7. The Hall–Kier alpha value is -2.41. The lowest BCUT2D eigenvalue weighted by atomic mass is 10.3. The Balaban J connectivity index is 2.13. The fraction of sp³-hybridized carbons (Fsp3) is 0.250. The summed E-state index contributed by atoms with van der Waals surface area (Å²) in [6.45, 7) is 0.374. The van der Waals surface area contributed by atoms with Crippen LogP contribution in [-0.4, -0.2) is 29.4 Å². The molecule has 0 aliphatic heterocycles. The number of hydrogen-bond donors (Lipinski definition) is 2. The third kappa shape index (κ3) is 1.93. The largest absolute Gasteiger partial charge is 0.399 e. The van der Waals surface area contributed by atoms with Gasteiger partial charge in [-0.05, 0) is 18.2 Å². The molecule has 0 saturated carbocycles. The molecule has 1 aromatic carbocycles. The first-order chi connectivity index (χ1) is 9.19. The molecule has 3 rings (SSSR count). The van der Waals surface area contributed by atoms with Gasteiger partial charge in [-0.2, -0.15) is 0 Å². The molecule has 19 heavy (non-hydrogen) atoms. The molecule has 3 aromatic rings. The lowest BCUT2D eigenvalue weighted by molar-refractivity contribution is 0.266.